The van der Waals surface area contributed by atoms with Gasteiger partial charge in [0.2, 0.25) is 0 Å². The third-order valence-electron chi connectivity index (χ3n) is 4.94. The summed E-state index contributed by atoms with van der Waals surface area (Å²) >= 11 is 0. The molecule has 0 aliphatic heterocycles. The molecule has 2 unspecified atom stereocenters. The Balaban J connectivity index is 1.75. The lowest BCUT2D eigenvalue weighted by Crippen LogP contribution is -2.47. The number of nitrogens with two attached hydrogens (primary N) is 1. The minimum atomic E-state index is 0.202. The quantitative estimate of drug-likeness (QED) is 0.888. The van der Waals surface area contributed by atoms with Gasteiger partial charge >= 0.3 is 0 Å². The summed E-state index contributed by atoms with van der Waals surface area (Å²) in [5.74, 6) is 0.781. The number of rotatable bonds is 5. The molecule has 1 aromatic carbocycles. The summed E-state index contributed by atoms with van der Waals surface area (Å²) in [4.78, 5) is 2.74. The lowest BCUT2D eigenvalue weighted by atomic mass is 9.83. The Kier molecular flexibility index (Phi) is 4.13. The topological polar surface area (TPSA) is 29.3 Å². The number of hydrogen-bond acceptors (Lipinski definition) is 2. The molecular formula is C18H28N2. The van der Waals surface area contributed by atoms with Gasteiger partial charge in [-0.15, -0.1) is 0 Å². The molecule has 1 aromatic rings. The van der Waals surface area contributed by atoms with Crippen molar-refractivity contribution in [1.82, 2.24) is 4.90 Å². The fourth-order valence-electron chi connectivity index (χ4n) is 3.58. The van der Waals surface area contributed by atoms with Gasteiger partial charge in [0, 0.05) is 18.1 Å². The van der Waals surface area contributed by atoms with Crippen molar-refractivity contribution < 1.29 is 0 Å². The van der Waals surface area contributed by atoms with Crippen LogP contribution in [0.5, 0.6) is 0 Å². The molecule has 2 N–H and O–H groups in total. The molecule has 2 nitrogen and oxygen atoms in total. The summed E-state index contributed by atoms with van der Waals surface area (Å²) in [6.45, 7) is 5.87. The van der Waals surface area contributed by atoms with Gasteiger partial charge in [-0.1, -0.05) is 38.1 Å². The first-order chi connectivity index (χ1) is 9.66. The Morgan fingerprint density at radius 3 is 2.65 bits per heavy atom. The standard InChI is InChI=1S/C18H28N2/c1-13(2)11-12-20(15-8-9-15)17-10-7-14-5-3-4-6-16(14)18(17)19/h3-6,13,15,17-18H,7-12,19H2,1-2H3. The highest BCUT2D eigenvalue weighted by molar-refractivity contribution is 5.33. The fraction of sp³-hybridized carbons (Fsp3) is 0.667. The maximum Gasteiger partial charge on any atom is 0.0456 e. The Bertz CT molecular complexity index is 450. The molecule has 1 fully saturated rings. The van der Waals surface area contributed by atoms with E-state index >= 15 is 0 Å². The molecule has 110 valence electrons. The van der Waals surface area contributed by atoms with Crippen molar-refractivity contribution in [1.29, 1.82) is 0 Å². The van der Waals surface area contributed by atoms with E-state index in [1.165, 1.54) is 49.8 Å². The monoisotopic (exact) mass is 272 g/mol. The van der Waals surface area contributed by atoms with Gasteiger partial charge < -0.3 is 5.73 Å². The molecule has 2 atom stereocenters. The average Bonchev–Trinajstić information content (AvgIpc) is 3.26. The second-order valence-electron chi connectivity index (χ2n) is 6.98. The van der Waals surface area contributed by atoms with Crippen LogP contribution >= 0.6 is 0 Å². The van der Waals surface area contributed by atoms with E-state index in [2.05, 4.69) is 43.0 Å². The van der Waals surface area contributed by atoms with Crippen molar-refractivity contribution in [3.05, 3.63) is 35.4 Å². The second kappa shape index (κ2) is 5.87. The van der Waals surface area contributed by atoms with Crippen molar-refractivity contribution >= 4 is 0 Å². The van der Waals surface area contributed by atoms with E-state index in [4.69, 9.17) is 5.73 Å². The molecule has 2 heteroatoms. The molecule has 0 aromatic heterocycles. The first-order valence-electron chi connectivity index (χ1n) is 8.26. The molecule has 0 heterocycles. The Hall–Kier alpha value is -0.860. The zero-order valence-electron chi connectivity index (χ0n) is 12.9. The van der Waals surface area contributed by atoms with E-state index in [1.807, 2.05) is 0 Å². The van der Waals surface area contributed by atoms with Crippen LogP contribution in [0, 0.1) is 5.92 Å². The molecule has 2 aliphatic rings. The van der Waals surface area contributed by atoms with E-state index in [0.29, 0.717) is 6.04 Å². The molecule has 0 saturated heterocycles. The SMILES string of the molecule is CC(C)CCN(C1CC1)C1CCc2ccccc2C1N. The third kappa shape index (κ3) is 2.91. The van der Waals surface area contributed by atoms with E-state index in [0.717, 1.165) is 12.0 Å². The molecule has 0 spiro atoms. The number of fused-ring (bicyclic) bond motifs is 1. The van der Waals surface area contributed by atoms with Gasteiger partial charge in [-0.3, -0.25) is 4.90 Å². The highest BCUT2D eigenvalue weighted by atomic mass is 15.2. The number of hydrogen-bond donors (Lipinski definition) is 1. The smallest absolute Gasteiger partial charge is 0.0456 e. The highest BCUT2D eigenvalue weighted by Gasteiger charge is 2.38. The maximum atomic E-state index is 6.62. The third-order valence-corrected chi connectivity index (χ3v) is 4.94. The first-order valence-corrected chi connectivity index (χ1v) is 8.26. The minimum absolute atomic E-state index is 0.202. The normalized spacial score (nSPS) is 26.1. The Morgan fingerprint density at radius 1 is 1.20 bits per heavy atom. The zero-order chi connectivity index (χ0) is 14.1. The van der Waals surface area contributed by atoms with E-state index in [9.17, 15) is 0 Å². The largest absolute Gasteiger partial charge is 0.323 e. The van der Waals surface area contributed by atoms with Crippen LogP contribution in [0.4, 0.5) is 0 Å². The van der Waals surface area contributed by atoms with Crippen LogP contribution in [-0.4, -0.2) is 23.5 Å². The van der Waals surface area contributed by atoms with Crippen LogP contribution in [0.1, 0.15) is 56.7 Å². The lowest BCUT2D eigenvalue weighted by Gasteiger charge is -2.40. The number of aryl methyl sites for hydroxylation is 1. The summed E-state index contributed by atoms with van der Waals surface area (Å²) in [6, 6.07) is 10.3. The van der Waals surface area contributed by atoms with Crippen molar-refractivity contribution in [3.63, 3.8) is 0 Å². The summed E-state index contributed by atoms with van der Waals surface area (Å²) in [7, 11) is 0. The summed E-state index contributed by atoms with van der Waals surface area (Å²) < 4.78 is 0. The predicted octanol–water partition coefficient (Wildman–Crippen LogP) is 3.51. The molecular weight excluding hydrogens is 244 g/mol. The molecule has 0 amide bonds. The molecule has 2 aliphatic carbocycles. The van der Waals surface area contributed by atoms with Crippen molar-refractivity contribution in [2.45, 2.75) is 64.1 Å². The van der Waals surface area contributed by atoms with E-state index in [-0.39, 0.29) is 6.04 Å². The van der Waals surface area contributed by atoms with Gasteiger partial charge in [0.05, 0.1) is 0 Å². The van der Waals surface area contributed by atoms with Crippen molar-refractivity contribution in [2.24, 2.45) is 11.7 Å². The Morgan fingerprint density at radius 2 is 1.95 bits per heavy atom. The van der Waals surface area contributed by atoms with Gasteiger partial charge in [0.1, 0.15) is 0 Å². The predicted molar refractivity (Wildman–Crippen MR) is 84.7 cm³/mol. The molecule has 20 heavy (non-hydrogen) atoms. The van der Waals surface area contributed by atoms with E-state index < -0.39 is 0 Å². The number of nitrogens with zero attached hydrogens (tertiary/aromatic N) is 1. The van der Waals surface area contributed by atoms with Gasteiger partial charge in [0.25, 0.3) is 0 Å². The lowest BCUT2D eigenvalue weighted by molar-refractivity contribution is 0.138. The number of benzene rings is 1. The molecule has 1 saturated carbocycles. The van der Waals surface area contributed by atoms with Gasteiger partial charge in [-0.25, -0.2) is 0 Å². The van der Waals surface area contributed by atoms with Crippen LogP contribution < -0.4 is 5.73 Å². The zero-order valence-corrected chi connectivity index (χ0v) is 12.9. The molecule has 0 radical (unpaired) electrons. The maximum absolute atomic E-state index is 6.62. The van der Waals surface area contributed by atoms with Crippen LogP contribution in [-0.2, 0) is 6.42 Å². The van der Waals surface area contributed by atoms with Crippen LogP contribution in [0.3, 0.4) is 0 Å². The van der Waals surface area contributed by atoms with Crippen LogP contribution in [0.25, 0.3) is 0 Å². The summed E-state index contributed by atoms with van der Waals surface area (Å²) in [5.41, 5.74) is 9.48. The molecule has 0 bridgehead atoms. The van der Waals surface area contributed by atoms with Gasteiger partial charge in [-0.2, -0.15) is 0 Å². The van der Waals surface area contributed by atoms with Crippen molar-refractivity contribution in [2.75, 3.05) is 6.54 Å². The van der Waals surface area contributed by atoms with Crippen LogP contribution in [0.15, 0.2) is 24.3 Å². The first kappa shape index (κ1) is 14.1. The summed E-state index contributed by atoms with van der Waals surface area (Å²) in [6.07, 6.45) is 6.47. The van der Waals surface area contributed by atoms with Gasteiger partial charge in [0.15, 0.2) is 0 Å². The molecule has 3 rings (SSSR count). The fourth-order valence-corrected chi connectivity index (χ4v) is 3.58. The highest BCUT2D eigenvalue weighted by Crippen LogP contribution is 2.37. The van der Waals surface area contributed by atoms with E-state index in [1.54, 1.807) is 0 Å². The van der Waals surface area contributed by atoms with Gasteiger partial charge in [-0.05, 0) is 55.7 Å². The van der Waals surface area contributed by atoms with Crippen molar-refractivity contribution in [3.8, 4) is 0 Å². The van der Waals surface area contributed by atoms with Crippen LogP contribution in [0.2, 0.25) is 0 Å². The second-order valence-corrected chi connectivity index (χ2v) is 6.98. The summed E-state index contributed by atoms with van der Waals surface area (Å²) in [5, 5.41) is 0. The minimum Gasteiger partial charge on any atom is -0.323 e. The Labute approximate surface area is 123 Å². The average molecular weight is 272 g/mol.